The quantitative estimate of drug-likeness (QED) is 0.461. The monoisotopic (exact) mass is 428 g/mol. The summed E-state index contributed by atoms with van der Waals surface area (Å²) in [7, 11) is 0. The Hall–Kier alpha value is -2.57. The summed E-state index contributed by atoms with van der Waals surface area (Å²) in [6.07, 6.45) is 3.71. The maximum absolute atomic E-state index is 14.1. The Morgan fingerprint density at radius 1 is 1.14 bits per heavy atom. The first-order chi connectivity index (χ1) is 13.9. The van der Waals surface area contributed by atoms with Gasteiger partial charge >= 0.3 is 0 Å². The number of carbonyl (C=O) groups excluding carboxylic acids is 2. The smallest absolute Gasteiger partial charge is 0.293 e. The number of carbonyl (C=O) groups is 2. The number of hydrogen-bond donors (Lipinski definition) is 0. The third-order valence-electron chi connectivity index (χ3n) is 4.87. The Balaban J connectivity index is 1.69. The van der Waals surface area contributed by atoms with Gasteiger partial charge in [0.2, 0.25) is 0 Å². The molecule has 0 radical (unpaired) electrons. The SMILES string of the molecule is CC(C)n1cc(/C=C2/SC(=O)N(Cc3c(F)cccc3Cl)C2=O)c2ccccc21. The molecule has 1 fully saturated rings. The highest BCUT2D eigenvalue weighted by Crippen LogP contribution is 2.36. The molecule has 2 aromatic carbocycles. The normalized spacial score (nSPS) is 16.0. The first kappa shape index (κ1) is 19.7. The molecule has 148 valence electrons. The number of hydrogen-bond acceptors (Lipinski definition) is 3. The second-order valence-electron chi connectivity index (χ2n) is 7.07. The lowest BCUT2D eigenvalue weighted by Gasteiger charge is -2.14. The van der Waals surface area contributed by atoms with Gasteiger partial charge in [0.05, 0.1) is 11.4 Å². The van der Waals surface area contributed by atoms with Gasteiger partial charge in [-0.1, -0.05) is 35.9 Å². The van der Waals surface area contributed by atoms with Crippen molar-refractivity contribution >= 4 is 51.5 Å². The second kappa shape index (κ2) is 7.69. The number of para-hydroxylation sites is 1. The molecule has 1 aliphatic rings. The molecule has 7 heteroatoms. The van der Waals surface area contributed by atoms with Crippen LogP contribution >= 0.6 is 23.4 Å². The van der Waals surface area contributed by atoms with E-state index < -0.39 is 17.0 Å². The molecule has 0 bridgehead atoms. The third kappa shape index (κ3) is 3.58. The molecule has 0 N–H and O–H groups in total. The molecule has 1 aliphatic heterocycles. The first-order valence-corrected chi connectivity index (χ1v) is 10.3. The van der Waals surface area contributed by atoms with E-state index in [1.165, 1.54) is 18.2 Å². The van der Waals surface area contributed by atoms with E-state index in [1.54, 1.807) is 6.08 Å². The lowest BCUT2D eigenvalue weighted by molar-refractivity contribution is -0.123. The van der Waals surface area contributed by atoms with E-state index in [0.717, 1.165) is 33.1 Å². The molecule has 2 amide bonds. The van der Waals surface area contributed by atoms with Crippen LogP contribution in [0.15, 0.2) is 53.6 Å². The van der Waals surface area contributed by atoms with Gasteiger partial charge in [0.1, 0.15) is 5.82 Å². The fourth-order valence-corrected chi connectivity index (χ4v) is 4.45. The van der Waals surface area contributed by atoms with Crippen LogP contribution in [-0.2, 0) is 11.3 Å². The van der Waals surface area contributed by atoms with E-state index in [0.29, 0.717) is 4.91 Å². The van der Waals surface area contributed by atoms with Gasteiger partial charge in [-0.15, -0.1) is 0 Å². The Bertz CT molecular complexity index is 1150. The van der Waals surface area contributed by atoms with E-state index in [9.17, 15) is 14.0 Å². The zero-order valence-electron chi connectivity index (χ0n) is 15.9. The van der Waals surface area contributed by atoms with E-state index in [4.69, 9.17) is 11.6 Å². The highest BCUT2D eigenvalue weighted by atomic mass is 35.5. The molecule has 2 heterocycles. The van der Waals surface area contributed by atoms with Crippen LogP contribution in [0.25, 0.3) is 17.0 Å². The number of halogens is 2. The Morgan fingerprint density at radius 2 is 1.90 bits per heavy atom. The number of thioether (sulfide) groups is 1. The molecule has 0 unspecified atom stereocenters. The van der Waals surface area contributed by atoms with Gasteiger partial charge in [-0.05, 0) is 49.9 Å². The third-order valence-corrected chi connectivity index (χ3v) is 6.13. The average molecular weight is 429 g/mol. The lowest BCUT2D eigenvalue weighted by Crippen LogP contribution is -2.28. The molecule has 29 heavy (non-hydrogen) atoms. The summed E-state index contributed by atoms with van der Waals surface area (Å²) >= 11 is 6.91. The molecule has 4 rings (SSSR count). The fraction of sp³-hybridized carbons (Fsp3) is 0.182. The lowest BCUT2D eigenvalue weighted by atomic mass is 10.1. The van der Waals surface area contributed by atoms with Gasteiger partial charge in [0.15, 0.2) is 0 Å². The van der Waals surface area contributed by atoms with Crippen molar-refractivity contribution in [1.82, 2.24) is 9.47 Å². The van der Waals surface area contributed by atoms with Crippen LogP contribution in [0.5, 0.6) is 0 Å². The topological polar surface area (TPSA) is 42.3 Å². The van der Waals surface area contributed by atoms with Crippen LogP contribution in [-0.4, -0.2) is 20.6 Å². The van der Waals surface area contributed by atoms with Crippen LogP contribution in [0, 0.1) is 5.82 Å². The molecule has 0 atom stereocenters. The summed E-state index contributed by atoms with van der Waals surface area (Å²) in [5.74, 6) is -0.985. The minimum atomic E-state index is -0.541. The summed E-state index contributed by atoms with van der Waals surface area (Å²) in [5.41, 5.74) is 2.06. The molecule has 0 saturated carbocycles. The van der Waals surface area contributed by atoms with E-state index in [2.05, 4.69) is 18.4 Å². The van der Waals surface area contributed by atoms with Crippen LogP contribution in [0.4, 0.5) is 9.18 Å². The molecule has 0 spiro atoms. The zero-order chi connectivity index (χ0) is 20.7. The van der Waals surface area contributed by atoms with Gasteiger partial charge in [-0.25, -0.2) is 4.39 Å². The Labute approximate surface area is 176 Å². The fourth-order valence-electron chi connectivity index (χ4n) is 3.39. The van der Waals surface area contributed by atoms with Crippen LogP contribution in [0.3, 0.4) is 0 Å². The number of fused-ring (bicyclic) bond motifs is 1. The van der Waals surface area contributed by atoms with Crippen molar-refractivity contribution in [3.05, 3.63) is 75.5 Å². The summed E-state index contributed by atoms with van der Waals surface area (Å²) < 4.78 is 16.2. The maximum Gasteiger partial charge on any atom is 0.293 e. The molecule has 4 nitrogen and oxygen atoms in total. The molecule has 0 aliphatic carbocycles. The molecule has 1 aromatic heterocycles. The van der Waals surface area contributed by atoms with Crippen molar-refractivity contribution < 1.29 is 14.0 Å². The predicted octanol–water partition coefficient (Wildman–Crippen LogP) is 6.25. The average Bonchev–Trinajstić information content (AvgIpc) is 3.17. The number of nitrogens with zero attached hydrogens (tertiary/aromatic N) is 2. The highest BCUT2D eigenvalue weighted by molar-refractivity contribution is 8.18. The van der Waals surface area contributed by atoms with Crippen molar-refractivity contribution in [3.63, 3.8) is 0 Å². The van der Waals surface area contributed by atoms with Gasteiger partial charge in [-0.3, -0.25) is 14.5 Å². The first-order valence-electron chi connectivity index (χ1n) is 9.14. The standard InChI is InChI=1S/C22H18ClFN2O2S/c1-13(2)25-11-14(15-6-3-4-9-19(15)25)10-20-21(27)26(22(28)29-20)12-16-17(23)7-5-8-18(16)24/h3-11,13H,12H2,1-2H3/b20-10+. The van der Waals surface area contributed by atoms with E-state index in [-0.39, 0.29) is 23.2 Å². The molecule has 1 saturated heterocycles. The van der Waals surface area contributed by atoms with Gasteiger partial charge in [0.25, 0.3) is 11.1 Å². The van der Waals surface area contributed by atoms with Crippen molar-refractivity contribution in [3.8, 4) is 0 Å². The number of rotatable bonds is 4. The minimum Gasteiger partial charge on any atom is -0.344 e. The summed E-state index contributed by atoms with van der Waals surface area (Å²) in [4.78, 5) is 26.7. The highest BCUT2D eigenvalue weighted by Gasteiger charge is 2.36. The van der Waals surface area contributed by atoms with E-state index >= 15 is 0 Å². The maximum atomic E-state index is 14.1. The summed E-state index contributed by atoms with van der Waals surface area (Å²) in [6, 6.07) is 12.5. The van der Waals surface area contributed by atoms with Gasteiger partial charge in [0, 0.05) is 39.3 Å². The summed E-state index contributed by atoms with van der Waals surface area (Å²) in [5, 5.41) is 0.756. The van der Waals surface area contributed by atoms with E-state index in [1.807, 2.05) is 30.5 Å². The number of benzene rings is 2. The molecule has 3 aromatic rings. The van der Waals surface area contributed by atoms with Crippen molar-refractivity contribution in [1.29, 1.82) is 0 Å². The van der Waals surface area contributed by atoms with Crippen molar-refractivity contribution in [2.75, 3.05) is 0 Å². The zero-order valence-corrected chi connectivity index (χ0v) is 17.4. The summed E-state index contributed by atoms with van der Waals surface area (Å²) in [6.45, 7) is 3.98. The second-order valence-corrected chi connectivity index (χ2v) is 8.47. The molecular formula is C22H18ClFN2O2S. The van der Waals surface area contributed by atoms with Crippen molar-refractivity contribution in [2.24, 2.45) is 0 Å². The predicted molar refractivity (Wildman–Crippen MR) is 115 cm³/mol. The van der Waals surface area contributed by atoms with Gasteiger partial charge < -0.3 is 4.57 Å². The molecular weight excluding hydrogens is 411 g/mol. The van der Waals surface area contributed by atoms with Crippen molar-refractivity contribution in [2.45, 2.75) is 26.4 Å². The van der Waals surface area contributed by atoms with Crippen LogP contribution in [0.1, 0.15) is 31.0 Å². The Morgan fingerprint density at radius 3 is 2.62 bits per heavy atom. The number of imide groups is 1. The van der Waals surface area contributed by atoms with Gasteiger partial charge in [-0.2, -0.15) is 0 Å². The van der Waals surface area contributed by atoms with Crippen LogP contribution < -0.4 is 0 Å². The largest absolute Gasteiger partial charge is 0.344 e. The van der Waals surface area contributed by atoms with Crippen LogP contribution in [0.2, 0.25) is 5.02 Å². The number of aromatic nitrogens is 1. The number of amides is 2. The Kier molecular flexibility index (Phi) is 5.23. The minimum absolute atomic E-state index is 0.133.